The Kier molecular flexibility index (Phi) is 7.63. The van der Waals surface area contributed by atoms with E-state index in [4.69, 9.17) is 16.7 Å². The second kappa shape index (κ2) is 11.1. The summed E-state index contributed by atoms with van der Waals surface area (Å²) in [7, 11) is 0. The summed E-state index contributed by atoms with van der Waals surface area (Å²) in [5.74, 6) is -0.275. The molecule has 5 rings (SSSR count). The first-order valence-electron chi connectivity index (χ1n) is 12.8. The summed E-state index contributed by atoms with van der Waals surface area (Å²) < 4.78 is 1.88. The van der Waals surface area contributed by atoms with Crippen molar-refractivity contribution in [3.05, 3.63) is 81.8 Å². The van der Waals surface area contributed by atoms with Crippen LogP contribution in [0.2, 0.25) is 5.02 Å². The number of nitrogens with one attached hydrogen (secondary N) is 1. The lowest BCUT2D eigenvalue weighted by molar-refractivity contribution is -0.126. The molecule has 37 heavy (non-hydrogen) atoms. The highest BCUT2D eigenvalue weighted by Crippen LogP contribution is 2.32. The van der Waals surface area contributed by atoms with Gasteiger partial charge in [0.2, 0.25) is 5.91 Å². The third kappa shape index (κ3) is 5.58. The minimum absolute atomic E-state index is 0.109. The first-order chi connectivity index (χ1) is 17.9. The molecule has 1 atom stereocenters. The Morgan fingerprint density at radius 1 is 1.11 bits per heavy atom. The number of aryl methyl sites for hydroxylation is 1. The van der Waals surface area contributed by atoms with E-state index in [1.165, 1.54) is 17.8 Å². The Labute approximate surface area is 226 Å². The van der Waals surface area contributed by atoms with Crippen LogP contribution >= 0.6 is 22.9 Å². The molecule has 2 heterocycles. The zero-order valence-corrected chi connectivity index (χ0v) is 22.7. The van der Waals surface area contributed by atoms with Crippen LogP contribution in [0.15, 0.2) is 60.7 Å². The minimum Gasteiger partial charge on any atom is -0.352 e. The van der Waals surface area contributed by atoms with Crippen LogP contribution < -0.4 is 5.32 Å². The number of hydrogen-bond donors (Lipinski definition) is 1. The summed E-state index contributed by atoms with van der Waals surface area (Å²) in [6, 6.07) is 18.8. The smallest absolute Gasteiger partial charge is 0.264 e. The van der Waals surface area contributed by atoms with Crippen molar-refractivity contribution in [1.29, 1.82) is 0 Å². The Morgan fingerprint density at radius 3 is 2.51 bits per heavy atom. The summed E-state index contributed by atoms with van der Waals surface area (Å²) in [6.07, 6.45) is 5.47. The number of fused-ring (bicyclic) bond motifs is 1. The van der Waals surface area contributed by atoms with Gasteiger partial charge in [-0.25, -0.2) is 4.68 Å². The van der Waals surface area contributed by atoms with Crippen LogP contribution in [0.25, 0.3) is 15.9 Å². The van der Waals surface area contributed by atoms with Crippen molar-refractivity contribution in [1.82, 2.24) is 20.0 Å². The van der Waals surface area contributed by atoms with E-state index in [1.54, 1.807) is 4.90 Å². The van der Waals surface area contributed by atoms with E-state index < -0.39 is 6.04 Å². The fourth-order valence-corrected chi connectivity index (χ4v) is 6.18. The van der Waals surface area contributed by atoms with E-state index in [0.717, 1.165) is 52.8 Å². The van der Waals surface area contributed by atoms with Gasteiger partial charge in [0.25, 0.3) is 5.91 Å². The van der Waals surface area contributed by atoms with Gasteiger partial charge in [0, 0.05) is 23.0 Å². The fourth-order valence-electron chi connectivity index (χ4n) is 4.92. The lowest BCUT2D eigenvalue weighted by atomic mass is 9.95. The molecule has 2 amide bonds. The zero-order valence-electron chi connectivity index (χ0n) is 21.1. The molecule has 0 spiro atoms. The van der Waals surface area contributed by atoms with Crippen LogP contribution in [0.4, 0.5) is 0 Å². The Hall–Kier alpha value is -3.16. The van der Waals surface area contributed by atoms with Gasteiger partial charge in [-0.15, -0.1) is 11.3 Å². The Morgan fingerprint density at radius 2 is 1.81 bits per heavy atom. The van der Waals surface area contributed by atoms with Crippen molar-refractivity contribution in [2.45, 2.75) is 64.6 Å². The van der Waals surface area contributed by atoms with E-state index in [-0.39, 0.29) is 17.9 Å². The molecule has 1 saturated carbocycles. The van der Waals surface area contributed by atoms with Gasteiger partial charge in [-0.3, -0.25) is 9.59 Å². The standard InChI is InChI=1S/C29H31ClN4O2S/c1-19-25-17-26(37-29(25)34(32-19)24-11-7-4-8-12-24)28(36)33(18-21-13-15-22(30)16-14-21)20(2)27(35)31-23-9-5-3-6-10-23/h4,7-8,11-17,20,23H,3,5-6,9-10,18H2,1-2H3,(H,31,35)/t20-/m0/s1. The van der Waals surface area contributed by atoms with Gasteiger partial charge in [0.1, 0.15) is 10.9 Å². The van der Waals surface area contributed by atoms with E-state index in [2.05, 4.69) is 5.32 Å². The lowest BCUT2D eigenvalue weighted by Crippen LogP contribution is -2.50. The Bertz CT molecular complexity index is 1390. The van der Waals surface area contributed by atoms with Crippen LogP contribution in [0.3, 0.4) is 0 Å². The van der Waals surface area contributed by atoms with Gasteiger partial charge >= 0.3 is 0 Å². The first kappa shape index (κ1) is 25.5. The van der Waals surface area contributed by atoms with Crippen LogP contribution in [0.5, 0.6) is 0 Å². The van der Waals surface area contributed by atoms with Crippen molar-refractivity contribution in [2.75, 3.05) is 0 Å². The first-order valence-corrected chi connectivity index (χ1v) is 14.0. The highest BCUT2D eigenvalue weighted by Gasteiger charge is 2.30. The van der Waals surface area contributed by atoms with Crippen molar-refractivity contribution in [3.8, 4) is 5.69 Å². The number of halogens is 1. The predicted octanol–water partition coefficient (Wildman–Crippen LogP) is 6.53. The fraction of sp³-hybridized carbons (Fsp3) is 0.345. The maximum atomic E-state index is 14.0. The molecule has 6 nitrogen and oxygen atoms in total. The van der Waals surface area contributed by atoms with Crippen molar-refractivity contribution >= 4 is 45.0 Å². The number of carbonyl (C=O) groups excluding carboxylic acids is 2. The summed E-state index contributed by atoms with van der Waals surface area (Å²) in [4.78, 5) is 30.5. The van der Waals surface area contributed by atoms with E-state index in [0.29, 0.717) is 16.4 Å². The summed E-state index contributed by atoms with van der Waals surface area (Å²) >= 11 is 7.50. The molecule has 2 aromatic heterocycles. The van der Waals surface area contributed by atoms with Crippen LogP contribution in [-0.2, 0) is 11.3 Å². The van der Waals surface area contributed by atoms with E-state index >= 15 is 0 Å². The maximum absolute atomic E-state index is 14.0. The molecule has 0 bridgehead atoms. The van der Waals surface area contributed by atoms with Crippen molar-refractivity contribution < 1.29 is 9.59 Å². The highest BCUT2D eigenvalue weighted by molar-refractivity contribution is 7.20. The number of hydrogen-bond acceptors (Lipinski definition) is 4. The quantitative estimate of drug-likeness (QED) is 0.293. The second-order valence-corrected chi connectivity index (χ2v) is 11.2. The number of nitrogens with zero attached hydrogens (tertiary/aromatic N) is 3. The number of carbonyl (C=O) groups is 2. The molecule has 1 fully saturated rings. The third-order valence-electron chi connectivity index (χ3n) is 7.08. The molecule has 0 radical (unpaired) electrons. The van der Waals surface area contributed by atoms with Gasteiger partial charge < -0.3 is 10.2 Å². The van der Waals surface area contributed by atoms with Gasteiger partial charge in [0.05, 0.1) is 16.3 Å². The molecular formula is C29H31ClN4O2S. The molecule has 1 N–H and O–H groups in total. The molecule has 0 unspecified atom stereocenters. The van der Waals surface area contributed by atoms with E-state index in [1.807, 2.05) is 79.2 Å². The number of thiophene rings is 1. The molecule has 0 aliphatic heterocycles. The molecule has 4 aromatic rings. The van der Waals surface area contributed by atoms with Gasteiger partial charge in [0.15, 0.2) is 0 Å². The number of para-hydroxylation sites is 1. The minimum atomic E-state index is -0.623. The summed E-state index contributed by atoms with van der Waals surface area (Å²) in [5, 5.41) is 9.47. The molecule has 1 aliphatic rings. The van der Waals surface area contributed by atoms with Crippen LogP contribution in [-0.4, -0.2) is 38.6 Å². The van der Waals surface area contributed by atoms with Crippen LogP contribution in [0, 0.1) is 6.92 Å². The Balaban J connectivity index is 1.46. The van der Waals surface area contributed by atoms with Gasteiger partial charge in [-0.2, -0.15) is 5.10 Å². The molecule has 192 valence electrons. The maximum Gasteiger partial charge on any atom is 0.264 e. The lowest BCUT2D eigenvalue weighted by Gasteiger charge is -2.31. The number of rotatable bonds is 7. The average molecular weight is 535 g/mol. The molecule has 8 heteroatoms. The number of benzene rings is 2. The molecule has 1 aliphatic carbocycles. The van der Waals surface area contributed by atoms with Crippen LogP contribution in [0.1, 0.15) is 60.0 Å². The van der Waals surface area contributed by atoms with Gasteiger partial charge in [-0.1, -0.05) is 61.2 Å². The monoisotopic (exact) mass is 534 g/mol. The normalized spacial score (nSPS) is 15.0. The summed E-state index contributed by atoms with van der Waals surface area (Å²) in [6.45, 7) is 4.08. The zero-order chi connectivity index (χ0) is 25.9. The number of amides is 2. The molecule has 2 aromatic carbocycles. The third-order valence-corrected chi connectivity index (χ3v) is 8.43. The van der Waals surface area contributed by atoms with E-state index in [9.17, 15) is 9.59 Å². The number of aromatic nitrogens is 2. The summed E-state index contributed by atoms with van der Waals surface area (Å²) in [5.41, 5.74) is 2.73. The average Bonchev–Trinajstić information content (AvgIpc) is 3.49. The topological polar surface area (TPSA) is 67.2 Å². The van der Waals surface area contributed by atoms with Crippen molar-refractivity contribution in [3.63, 3.8) is 0 Å². The second-order valence-electron chi connectivity index (χ2n) is 9.74. The molecule has 0 saturated heterocycles. The SMILES string of the molecule is Cc1nn(-c2ccccc2)c2sc(C(=O)N(Cc3ccc(Cl)cc3)[C@@H](C)C(=O)NC3CCCCC3)cc12. The predicted molar refractivity (Wildman–Crippen MR) is 149 cm³/mol. The molecular weight excluding hydrogens is 504 g/mol. The van der Waals surface area contributed by atoms with Crippen molar-refractivity contribution in [2.24, 2.45) is 0 Å². The highest BCUT2D eigenvalue weighted by atomic mass is 35.5. The largest absolute Gasteiger partial charge is 0.352 e. The van der Waals surface area contributed by atoms with Gasteiger partial charge in [-0.05, 0) is 62.6 Å².